The first-order valence-corrected chi connectivity index (χ1v) is 7.00. The highest BCUT2D eigenvalue weighted by Crippen LogP contribution is 2.32. The Balaban J connectivity index is 2.00. The summed E-state index contributed by atoms with van der Waals surface area (Å²) in [6.45, 7) is 5.44. The second kappa shape index (κ2) is 5.23. The molecule has 0 unspecified atom stereocenters. The van der Waals surface area contributed by atoms with Crippen molar-refractivity contribution in [3.8, 4) is 0 Å². The summed E-state index contributed by atoms with van der Waals surface area (Å²) >= 11 is 1.89. The van der Waals surface area contributed by atoms with Crippen molar-refractivity contribution in [3.05, 3.63) is 28.8 Å². The van der Waals surface area contributed by atoms with Gasteiger partial charge >= 0.3 is 0 Å². The standard InChI is InChI=1S/C14H20N2S/c1-10-7-12-9-14(17-6-5-16(3)4)15-13(12)8-11(10)2/h7-8H,5-6,9H2,1-4H3. The van der Waals surface area contributed by atoms with Gasteiger partial charge in [-0.1, -0.05) is 6.07 Å². The monoisotopic (exact) mass is 248 g/mol. The van der Waals surface area contributed by atoms with E-state index in [2.05, 4.69) is 45.0 Å². The zero-order chi connectivity index (χ0) is 12.4. The molecule has 3 heteroatoms. The minimum absolute atomic E-state index is 1.02. The van der Waals surface area contributed by atoms with E-state index in [1.165, 1.54) is 27.4 Å². The number of aliphatic imine (C=N–C) groups is 1. The third-order valence-corrected chi connectivity index (χ3v) is 4.04. The molecule has 1 aromatic rings. The van der Waals surface area contributed by atoms with E-state index in [4.69, 9.17) is 4.99 Å². The summed E-state index contributed by atoms with van der Waals surface area (Å²) in [5.41, 5.74) is 5.28. The summed E-state index contributed by atoms with van der Waals surface area (Å²) in [5.74, 6) is 1.12. The van der Waals surface area contributed by atoms with Gasteiger partial charge in [0.25, 0.3) is 0 Å². The lowest BCUT2D eigenvalue weighted by Crippen LogP contribution is -2.15. The van der Waals surface area contributed by atoms with Crippen LogP contribution in [0.5, 0.6) is 0 Å². The van der Waals surface area contributed by atoms with Crippen molar-refractivity contribution in [3.63, 3.8) is 0 Å². The van der Waals surface area contributed by atoms with Crippen LogP contribution in [0.3, 0.4) is 0 Å². The summed E-state index contributed by atoms with van der Waals surface area (Å²) in [7, 11) is 4.22. The predicted molar refractivity (Wildman–Crippen MR) is 77.7 cm³/mol. The van der Waals surface area contributed by atoms with Gasteiger partial charge in [0.1, 0.15) is 0 Å². The molecule has 2 rings (SSSR count). The van der Waals surface area contributed by atoms with Crippen LogP contribution in [-0.4, -0.2) is 36.3 Å². The highest BCUT2D eigenvalue weighted by Gasteiger charge is 2.15. The fourth-order valence-electron chi connectivity index (χ4n) is 1.87. The molecule has 0 bridgehead atoms. The summed E-state index contributed by atoms with van der Waals surface area (Å²) in [4.78, 5) is 6.92. The molecule has 0 spiro atoms. The molecule has 0 aliphatic carbocycles. The smallest absolute Gasteiger partial charge is 0.0783 e. The first kappa shape index (κ1) is 12.7. The lowest BCUT2D eigenvalue weighted by Gasteiger charge is -2.08. The maximum Gasteiger partial charge on any atom is 0.0783 e. The molecular weight excluding hydrogens is 228 g/mol. The number of aryl methyl sites for hydroxylation is 2. The quantitative estimate of drug-likeness (QED) is 0.816. The van der Waals surface area contributed by atoms with Gasteiger partial charge in [0.2, 0.25) is 0 Å². The lowest BCUT2D eigenvalue weighted by atomic mass is 10.0. The zero-order valence-electron chi connectivity index (χ0n) is 11.1. The Hall–Kier alpha value is -0.800. The molecule has 1 aliphatic rings. The molecular formula is C14H20N2S. The maximum atomic E-state index is 4.71. The van der Waals surface area contributed by atoms with Crippen molar-refractivity contribution in [1.29, 1.82) is 0 Å². The molecule has 1 aliphatic heterocycles. The molecule has 92 valence electrons. The van der Waals surface area contributed by atoms with E-state index in [-0.39, 0.29) is 0 Å². The van der Waals surface area contributed by atoms with Gasteiger partial charge in [-0.2, -0.15) is 0 Å². The van der Waals surface area contributed by atoms with Gasteiger partial charge in [0.05, 0.1) is 10.7 Å². The van der Waals surface area contributed by atoms with Crippen molar-refractivity contribution in [2.24, 2.45) is 4.99 Å². The average Bonchev–Trinajstić information content (AvgIpc) is 2.60. The van der Waals surface area contributed by atoms with Gasteiger partial charge in [0.15, 0.2) is 0 Å². The Morgan fingerprint density at radius 1 is 1.24 bits per heavy atom. The van der Waals surface area contributed by atoms with Crippen LogP contribution < -0.4 is 0 Å². The second-order valence-corrected chi connectivity index (χ2v) is 6.07. The maximum absolute atomic E-state index is 4.71. The van der Waals surface area contributed by atoms with Gasteiger partial charge in [-0.15, -0.1) is 11.8 Å². The molecule has 17 heavy (non-hydrogen) atoms. The SMILES string of the molecule is Cc1cc2c(cc1C)N=C(SCCN(C)C)C2. The summed E-state index contributed by atoms with van der Waals surface area (Å²) in [6.07, 6.45) is 1.02. The van der Waals surface area contributed by atoms with Crippen LogP contribution >= 0.6 is 11.8 Å². The van der Waals surface area contributed by atoms with E-state index in [1.54, 1.807) is 0 Å². The highest BCUT2D eigenvalue weighted by molar-refractivity contribution is 8.14. The van der Waals surface area contributed by atoms with Crippen LogP contribution in [-0.2, 0) is 6.42 Å². The van der Waals surface area contributed by atoms with E-state index < -0.39 is 0 Å². The second-order valence-electron chi connectivity index (χ2n) is 4.90. The first-order chi connectivity index (χ1) is 8.06. The third kappa shape index (κ3) is 3.11. The molecule has 0 N–H and O–H groups in total. The summed E-state index contributed by atoms with van der Waals surface area (Å²) < 4.78 is 0. The molecule has 0 fully saturated rings. The molecule has 1 aromatic carbocycles. The summed E-state index contributed by atoms with van der Waals surface area (Å²) in [6, 6.07) is 4.50. The normalized spacial score (nSPS) is 14.1. The highest BCUT2D eigenvalue weighted by atomic mass is 32.2. The number of benzene rings is 1. The van der Waals surface area contributed by atoms with Crippen molar-refractivity contribution >= 4 is 22.5 Å². The Bertz CT molecular complexity index is 450. The lowest BCUT2D eigenvalue weighted by molar-refractivity contribution is 0.437. The van der Waals surface area contributed by atoms with Crippen molar-refractivity contribution in [1.82, 2.24) is 4.90 Å². The van der Waals surface area contributed by atoms with E-state index in [9.17, 15) is 0 Å². The zero-order valence-corrected chi connectivity index (χ0v) is 11.9. The fourth-order valence-corrected chi connectivity index (χ4v) is 2.99. The van der Waals surface area contributed by atoms with Crippen molar-refractivity contribution in [2.75, 3.05) is 26.4 Å². The first-order valence-electron chi connectivity index (χ1n) is 6.01. The van der Waals surface area contributed by atoms with Crippen LogP contribution in [0, 0.1) is 13.8 Å². The number of hydrogen-bond acceptors (Lipinski definition) is 3. The van der Waals surface area contributed by atoms with Crippen LogP contribution in [0.25, 0.3) is 0 Å². The summed E-state index contributed by atoms with van der Waals surface area (Å²) in [5, 5.41) is 1.27. The Kier molecular flexibility index (Phi) is 3.89. The van der Waals surface area contributed by atoms with Gasteiger partial charge in [-0.05, 0) is 50.7 Å². The fraction of sp³-hybridized carbons (Fsp3) is 0.500. The Morgan fingerprint density at radius 2 is 1.94 bits per heavy atom. The molecule has 0 saturated heterocycles. The number of rotatable bonds is 3. The van der Waals surface area contributed by atoms with Crippen LogP contribution in [0.4, 0.5) is 5.69 Å². The Labute approximate surface area is 108 Å². The molecule has 1 heterocycles. The van der Waals surface area contributed by atoms with Gasteiger partial charge in [0, 0.05) is 18.7 Å². The van der Waals surface area contributed by atoms with Crippen molar-refractivity contribution in [2.45, 2.75) is 20.3 Å². The van der Waals surface area contributed by atoms with Crippen LogP contribution in [0.15, 0.2) is 17.1 Å². The minimum Gasteiger partial charge on any atom is -0.309 e. The van der Waals surface area contributed by atoms with Crippen LogP contribution in [0.1, 0.15) is 16.7 Å². The molecule has 2 nitrogen and oxygen atoms in total. The van der Waals surface area contributed by atoms with E-state index in [1.807, 2.05) is 11.8 Å². The van der Waals surface area contributed by atoms with Gasteiger partial charge in [-0.3, -0.25) is 0 Å². The van der Waals surface area contributed by atoms with Crippen LogP contribution in [0.2, 0.25) is 0 Å². The average molecular weight is 248 g/mol. The van der Waals surface area contributed by atoms with Gasteiger partial charge in [-0.25, -0.2) is 4.99 Å². The topological polar surface area (TPSA) is 15.6 Å². The molecule has 0 atom stereocenters. The van der Waals surface area contributed by atoms with Crippen molar-refractivity contribution < 1.29 is 0 Å². The van der Waals surface area contributed by atoms with Gasteiger partial charge < -0.3 is 4.90 Å². The number of thioether (sulfide) groups is 1. The minimum atomic E-state index is 1.02. The Morgan fingerprint density at radius 3 is 2.65 bits per heavy atom. The largest absolute Gasteiger partial charge is 0.309 e. The van der Waals surface area contributed by atoms with E-state index in [0.717, 1.165) is 18.7 Å². The third-order valence-electron chi connectivity index (χ3n) is 3.09. The predicted octanol–water partition coefficient (Wildman–Crippen LogP) is 3.18. The molecule has 0 radical (unpaired) electrons. The number of hydrogen-bond donors (Lipinski definition) is 0. The van der Waals surface area contributed by atoms with E-state index in [0.29, 0.717) is 0 Å². The molecule has 0 amide bonds. The van der Waals surface area contributed by atoms with E-state index >= 15 is 0 Å². The molecule has 0 aromatic heterocycles. The number of nitrogens with zero attached hydrogens (tertiary/aromatic N) is 2. The number of fused-ring (bicyclic) bond motifs is 1. The molecule has 0 saturated carbocycles.